The molecule has 0 amide bonds. The molecule has 1 saturated carbocycles. The second-order valence-electron chi connectivity index (χ2n) is 7.72. The third-order valence-corrected chi connectivity index (χ3v) is 6.32. The van der Waals surface area contributed by atoms with Crippen molar-refractivity contribution in [3.05, 3.63) is 76.6 Å². The Bertz CT molecular complexity index is 1090. The van der Waals surface area contributed by atoms with Gasteiger partial charge in [-0.25, -0.2) is 4.99 Å². The number of pyridine rings is 1. The van der Waals surface area contributed by atoms with E-state index in [0.29, 0.717) is 11.8 Å². The van der Waals surface area contributed by atoms with Crippen molar-refractivity contribution in [3.8, 4) is 16.9 Å². The highest BCUT2D eigenvalue weighted by atomic mass is 35.5. The van der Waals surface area contributed by atoms with Crippen LogP contribution in [0.2, 0.25) is 5.02 Å². The fraction of sp³-hybridized carbons (Fsp3) is 0.250. The summed E-state index contributed by atoms with van der Waals surface area (Å²) in [5.41, 5.74) is 6.65. The van der Waals surface area contributed by atoms with Gasteiger partial charge in [0.05, 0.1) is 5.69 Å². The average molecular weight is 389 g/mol. The molecule has 2 unspecified atom stereocenters. The predicted molar refractivity (Wildman–Crippen MR) is 114 cm³/mol. The Labute approximate surface area is 170 Å². The highest BCUT2D eigenvalue weighted by molar-refractivity contribution is 6.33. The zero-order chi connectivity index (χ0) is 19.3. The van der Waals surface area contributed by atoms with Gasteiger partial charge in [-0.15, -0.1) is 0 Å². The van der Waals surface area contributed by atoms with E-state index in [4.69, 9.17) is 21.3 Å². The quantitative estimate of drug-likeness (QED) is 0.493. The summed E-state index contributed by atoms with van der Waals surface area (Å²) in [5.74, 6) is 2.47. The maximum atomic E-state index is 6.62. The average Bonchev–Trinajstić information content (AvgIpc) is 2.66. The van der Waals surface area contributed by atoms with Gasteiger partial charge in [-0.2, -0.15) is 0 Å². The van der Waals surface area contributed by atoms with E-state index < -0.39 is 0 Å². The number of hydrogen-bond acceptors (Lipinski definition) is 3. The molecule has 0 radical (unpaired) electrons. The zero-order valence-electron chi connectivity index (χ0n) is 15.9. The van der Waals surface area contributed by atoms with Crippen LogP contribution in [-0.2, 0) is 0 Å². The number of aliphatic imine (C=N–C) groups is 1. The number of nitrogens with zero attached hydrogens (tertiary/aromatic N) is 2. The number of halogens is 1. The van der Waals surface area contributed by atoms with Crippen LogP contribution in [0.3, 0.4) is 0 Å². The van der Waals surface area contributed by atoms with Crippen LogP contribution >= 0.6 is 11.6 Å². The lowest BCUT2D eigenvalue weighted by Crippen LogP contribution is -2.36. The minimum absolute atomic E-state index is 0.342. The smallest absolute Gasteiger partial charge is 0.198 e. The van der Waals surface area contributed by atoms with Crippen molar-refractivity contribution in [2.45, 2.75) is 32.6 Å². The number of benzene rings is 2. The lowest BCUT2D eigenvalue weighted by molar-refractivity contribution is 0.297. The number of fused-ring (bicyclic) bond motifs is 3. The maximum Gasteiger partial charge on any atom is 0.198 e. The molecule has 1 aliphatic heterocycles. The van der Waals surface area contributed by atoms with Crippen LogP contribution < -0.4 is 4.74 Å². The van der Waals surface area contributed by atoms with E-state index in [9.17, 15) is 0 Å². The molecule has 5 rings (SSSR count). The Morgan fingerprint density at radius 3 is 2.57 bits per heavy atom. The van der Waals surface area contributed by atoms with Crippen LogP contribution in [0.25, 0.3) is 11.1 Å². The Morgan fingerprint density at radius 1 is 1.00 bits per heavy atom. The van der Waals surface area contributed by atoms with Crippen LogP contribution in [-0.4, -0.2) is 10.9 Å². The highest BCUT2D eigenvalue weighted by Crippen LogP contribution is 2.52. The second kappa shape index (κ2) is 6.75. The standard InChI is InChI=1S/C24H21ClN2O/c1-14-5-6-17(10-15(14)2)28-24-19-8-7-18(19)21-11-22(25)20(12-23(21)27-24)16-4-3-9-26-13-16/h3-6,9-13,18-19H,7-8H2,1-2H3. The molecule has 4 heteroatoms. The minimum Gasteiger partial charge on any atom is -0.443 e. The van der Waals surface area contributed by atoms with Crippen LogP contribution in [0, 0.1) is 19.8 Å². The molecule has 3 aromatic rings. The highest BCUT2D eigenvalue weighted by Gasteiger charge is 2.42. The molecule has 1 aliphatic carbocycles. The molecule has 1 fully saturated rings. The summed E-state index contributed by atoms with van der Waals surface area (Å²) in [5, 5.41) is 0.756. The molecule has 2 aliphatic rings. The van der Waals surface area contributed by atoms with Gasteiger partial charge in [-0.1, -0.05) is 23.7 Å². The molecular weight excluding hydrogens is 368 g/mol. The summed E-state index contributed by atoms with van der Waals surface area (Å²) in [6, 6.07) is 14.3. The number of aryl methyl sites for hydroxylation is 2. The van der Waals surface area contributed by atoms with Crippen LogP contribution in [0.5, 0.6) is 5.75 Å². The van der Waals surface area contributed by atoms with Gasteiger partial charge in [0, 0.05) is 34.5 Å². The minimum atomic E-state index is 0.342. The topological polar surface area (TPSA) is 34.5 Å². The summed E-state index contributed by atoms with van der Waals surface area (Å²) in [6.07, 6.45) is 5.85. The summed E-state index contributed by atoms with van der Waals surface area (Å²) >= 11 is 6.62. The van der Waals surface area contributed by atoms with Gasteiger partial charge in [0.1, 0.15) is 5.75 Å². The van der Waals surface area contributed by atoms with Crippen molar-refractivity contribution in [2.24, 2.45) is 10.9 Å². The van der Waals surface area contributed by atoms with Gasteiger partial charge < -0.3 is 4.74 Å². The molecular formula is C24H21ClN2O. The Morgan fingerprint density at radius 2 is 1.86 bits per heavy atom. The van der Waals surface area contributed by atoms with Gasteiger partial charge in [0.15, 0.2) is 5.90 Å². The van der Waals surface area contributed by atoms with Crippen molar-refractivity contribution in [3.63, 3.8) is 0 Å². The van der Waals surface area contributed by atoms with Gasteiger partial charge in [0.2, 0.25) is 0 Å². The monoisotopic (exact) mass is 388 g/mol. The van der Waals surface area contributed by atoms with Crippen molar-refractivity contribution in [2.75, 3.05) is 0 Å². The van der Waals surface area contributed by atoms with Crippen LogP contribution in [0.4, 0.5) is 5.69 Å². The molecule has 2 aromatic carbocycles. The molecule has 1 aromatic heterocycles. The van der Waals surface area contributed by atoms with Gasteiger partial charge in [-0.05, 0) is 79.6 Å². The van der Waals surface area contributed by atoms with Crippen molar-refractivity contribution >= 4 is 23.2 Å². The molecule has 2 heterocycles. The molecule has 2 atom stereocenters. The first-order valence-electron chi connectivity index (χ1n) is 9.67. The zero-order valence-corrected chi connectivity index (χ0v) is 16.7. The van der Waals surface area contributed by atoms with Crippen LogP contribution in [0.1, 0.15) is 35.4 Å². The lowest BCUT2D eigenvalue weighted by atomic mass is 9.68. The summed E-state index contributed by atoms with van der Waals surface area (Å²) < 4.78 is 6.26. The molecule has 0 spiro atoms. The van der Waals surface area contributed by atoms with E-state index in [1.165, 1.54) is 16.7 Å². The Hall–Kier alpha value is -2.65. The fourth-order valence-electron chi connectivity index (χ4n) is 4.08. The lowest BCUT2D eigenvalue weighted by Gasteiger charge is -2.40. The summed E-state index contributed by atoms with van der Waals surface area (Å²) in [7, 11) is 0. The van der Waals surface area contributed by atoms with Crippen molar-refractivity contribution in [1.29, 1.82) is 0 Å². The van der Waals surface area contributed by atoms with E-state index >= 15 is 0 Å². The molecule has 3 nitrogen and oxygen atoms in total. The van der Waals surface area contributed by atoms with E-state index in [2.05, 4.69) is 43.1 Å². The molecule has 0 saturated heterocycles. The van der Waals surface area contributed by atoms with E-state index in [1.54, 1.807) is 6.20 Å². The predicted octanol–water partition coefficient (Wildman–Crippen LogP) is 6.64. The van der Waals surface area contributed by atoms with E-state index in [1.807, 2.05) is 24.4 Å². The van der Waals surface area contributed by atoms with Gasteiger partial charge in [0.25, 0.3) is 0 Å². The molecule has 0 N–H and O–H groups in total. The Balaban J connectivity index is 1.56. The Kier molecular flexibility index (Phi) is 4.21. The van der Waals surface area contributed by atoms with Gasteiger partial charge >= 0.3 is 0 Å². The SMILES string of the molecule is Cc1ccc(OC2=Nc3cc(-c4cccnc4)c(Cl)cc3C3CCC23)cc1C. The van der Waals surface area contributed by atoms with E-state index in [-0.39, 0.29) is 0 Å². The third-order valence-electron chi connectivity index (χ3n) is 6.01. The van der Waals surface area contributed by atoms with E-state index in [0.717, 1.165) is 46.3 Å². The third kappa shape index (κ3) is 2.91. The van der Waals surface area contributed by atoms with Crippen molar-refractivity contribution in [1.82, 2.24) is 4.98 Å². The largest absolute Gasteiger partial charge is 0.443 e. The molecule has 0 bridgehead atoms. The normalized spacial score (nSPS) is 19.9. The van der Waals surface area contributed by atoms with Crippen LogP contribution in [0.15, 0.2) is 59.9 Å². The number of aromatic nitrogens is 1. The number of ether oxygens (including phenoxy) is 1. The first-order chi connectivity index (χ1) is 13.6. The first kappa shape index (κ1) is 17.4. The van der Waals surface area contributed by atoms with Gasteiger partial charge in [-0.3, -0.25) is 4.98 Å². The number of rotatable bonds is 2. The maximum absolute atomic E-state index is 6.62. The summed E-state index contributed by atoms with van der Waals surface area (Å²) in [6.45, 7) is 4.22. The number of hydrogen-bond donors (Lipinski definition) is 0. The molecule has 140 valence electrons. The fourth-order valence-corrected chi connectivity index (χ4v) is 4.36. The first-order valence-corrected chi connectivity index (χ1v) is 10.1. The summed E-state index contributed by atoms with van der Waals surface area (Å²) in [4.78, 5) is 9.14. The second-order valence-corrected chi connectivity index (χ2v) is 8.13. The molecule has 28 heavy (non-hydrogen) atoms. The van der Waals surface area contributed by atoms with Crippen molar-refractivity contribution < 1.29 is 4.74 Å².